The summed E-state index contributed by atoms with van der Waals surface area (Å²) in [6.07, 6.45) is 2.59. The molecule has 0 saturated heterocycles. The van der Waals surface area contributed by atoms with E-state index < -0.39 is 9.84 Å². The summed E-state index contributed by atoms with van der Waals surface area (Å²) in [5, 5.41) is 3.54. The number of hydrogen-bond donors (Lipinski definition) is 1. The Balaban J connectivity index is 2.09. The first-order chi connectivity index (χ1) is 12.7. The van der Waals surface area contributed by atoms with Crippen LogP contribution in [0.2, 0.25) is 5.02 Å². The number of thioether (sulfide) groups is 1. The molecule has 0 radical (unpaired) electrons. The van der Waals surface area contributed by atoms with Crippen LogP contribution in [-0.2, 0) is 14.6 Å². The van der Waals surface area contributed by atoms with E-state index in [-0.39, 0.29) is 22.1 Å². The molecule has 0 saturated carbocycles. The lowest BCUT2D eigenvalue weighted by atomic mass is 10.0. The molecule has 4 nitrogen and oxygen atoms in total. The summed E-state index contributed by atoms with van der Waals surface area (Å²) in [6.45, 7) is 3.97. The van der Waals surface area contributed by atoms with Crippen molar-refractivity contribution in [3.8, 4) is 0 Å². The van der Waals surface area contributed by atoms with Crippen molar-refractivity contribution in [2.45, 2.75) is 47.8 Å². The number of rotatable bonds is 8. The molecule has 27 heavy (non-hydrogen) atoms. The van der Waals surface area contributed by atoms with E-state index in [0.29, 0.717) is 17.9 Å². The molecule has 0 aliphatic carbocycles. The third kappa shape index (κ3) is 6.26. The van der Waals surface area contributed by atoms with Gasteiger partial charge in [-0.1, -0.05) is 37.6 Å². The molecule has 0 heterocycles. The van der Waals surface area contributed by atoms with Crippen molar-refractivity contribution in [1.82, 2.24) is 5.32 Å². The standard InChI is InChI=1S/C20H24ClNO3S2/c1-4-18(14-6-12-17(13-7-14)27(3,24)25)22-20(23)19(5-2)26-16-10-8-15(21)9-11-16/h6-13,18-19H,4-5H2,1-3H3,(H,22,23)/t18-,19+/m1/s1. The molecule has 7 heteroatoms. The number of hydrogen-bond acceptors (Lipinski definition) is 4. The van der Waals surface area contributed by atoms with Gasteiger partial charge >= 0.3 is 0 Å². The number of sulfone groups is 1. The molecule has 1 N–H and O–H groups in total. The summed E-state index contributed by atoms with van der Waals surface area (Å²) in [5.74, 6) is -0.0310. The van der Waals surface area contributed by atoms with Gasteiger partial charge in [0.05, 0.1) is 16.2 Å². The highest BCUT2D eigenvalue weighted by atomic mass is 35.5. The second-order valence-corrected chi connectivity index (χ2v) is 10.0. The fraction of sp³-hybridized carbons (Fsp3) is 0.350. The van der Waals surface area contributed by atoms with Gasteiger partial charge in [0.1, 0.15) is 0 Å². The maximum atomic E-state index is 12.8. The zero-order valence-corrected chi connectivity index (χ0v) is 18.0. The Labute approximate surface area is 170 Å². The highest BCUT2D eigenvalue weighted by molar-refractivity contribution is 8.00. The molecule has 0 spiro atoms. The van der Waals surface area contributed by atoms with Gasteiger partial charge in [0.15, 0.2) is 9.84 Å². The molecule has 0 fully saturated rings. The van der Waals surface area contributed by atoms with Gasteiger partial charge in [0.2, 0.25) is 5.91 Å². The maximum absolute atomic E-state index is 12.8. The smallest absolute Gasteiger partial charge is 0.233 e. The fourth-order valence-corrected chi connectivity index (χ4v) is 4.35. The minimum Gasteiger partial charge on any atom is -0.348 e. The molecule has 0 aromatic heterocycles. The van der Waals surface area contributed by atoms with Crippen molar-refractivity contribution in [2.75, 3.05) is 6.26 Å². The van der Waals surface area contributed by atoms with Gasteiger partial charge in [-0.25, -0.2) is 8.42 Å². The number of carbonyl (C=O) groups excluding carboxylic acids is 1. The van der Waals surface area contributed by atoms with Crippen LogP contribution in [0, 0.1) is 0 Å². The number of amides is 1. The predicted molar refractivity (Wildman–Crippen MR) is 112 cm³/mol. The highest BCUT2D eigenvalue weighted by Crippen LogP contribution is 2.28. The Kier molecular flexibility index (Phi) is 7.77. The summed E-state index contributed by atoms with van der Waals surface area (Å²) in [5.41, 5.74) is 0.893. The minimum atomic E-state index is -3.23. The molecule has 2 aromatic rings. The van der Waals surface area contributed by atoms with Gasteiger partial charge in [-0.3, -0.25) is 4.79 Å². The molecule has 0 unspecified atom stereocenters. The van der Waals surface area contributed by atoms with Crippen LogP contribution in [0.5, 0.6) is 0 Å². The first kappa shape index (κ1) is 21.8. The first-order valence-corrected chi connectivity index (χ1v) is 11.9. The van der Waals surface area contributed by atoms with E-state index in [1.165, 1.54) is 18.0 Å². The third-order valence-electron chi connectivity index (χ3n) is 4.19. The first-order valence-electron chi connectivity index (χ1n) is 8.77. The molecule has 0 aliphatic heterocycles. The number of benzene rings is 2. The molecule has 146 valence electrons. The summed E-state index contributed by atoms with van der Waals surface area (Å²) in [6, 6.07) is 14.0. The van der Waals surface area contributed by atoms with E-state index in [1.54, 1.807) is 24.3 Å². The normalized spacial score (nSPS) is 13.8. The van der Waals surface area contributed by atoms with Crippen LogP contribution in [-0.4, -0.2) is 25.8 Å². The molecule has 1 amide bonds. The quantitative estimate of drug-likeness (QED) is 0.612. The summed E-state index contributed by atoms with van der Waals surface area (Å²) in [4.78, 5) is 14.0. The maximum Gasteiger partial charge on any atom is 0.233 e. The lowest BCUT2D eigenvalue weighted by molar-refractivity contribution is -0.121. The molecular weight excluding hydrogens is 402 g/mol. The average molecular weight is 426 g/mol. The Morgan fingerprint density at radius 2 is 1.63 bits per heavy atom. The molecule has 2 aromatic carbocycles. The molecule has 2 rings (SSSR count). The van der Waals surface area contributed by atoms with E-state index in [0.717, 1.165) is 10.5 Å². The van der Waals surface area contributed by atoms with Crippen molar-refractivity contribution in [2.24, 2.45) is 0 Å². The zero-order chi connectivity index (χ0) is 20.0. The van der Waals surface area contributed by atoms with E-state index >= 15 is 0 Å². The van der Waals surface area contributed by atoms with E-state index in [9.17, 15) is 13.2 Å². The number of carbonyl (C=O) groups is 1. The lowest BCUT2D eigenvalue weighted by Gasteiger charge is -2.21. The van der Waals surface area contributed by atoms with Crippen LogP contribution in [0.25, 0.3) is 0 Å². The van der Waals surface area contributed by atoms with Gasteiger partial charge in [0.25, 0.3) is 0 Å². The van der Waals surface area contributed by atoms with Gasteiger partial charge in [0, 0.05) is 16.2 Å². The van der Waals surface area contributed by atoms with Crippen LogP contribution in [0.3, 0.4) is 0 Å². The lowest BCUT2D eigenvalue weighted by Crippen LogP contribution is -2.35. The Hall–Kier alpha value is -1.50. The van der Waals surface area contributed by atoms with E-state index in [1.807, 2.05) is 38.1 Å². The SMILES string of the molecule is CC[C@H](Sc1ccc(Cl)cc1)C(=O)N[C@H](CC)c1ccc(S(C)(=O)=O)cc1. The second-order valence-electron chi connectivity index (χ2n) is 6.28. The minimum absolute atomic E-state index is 0.0310. The molecular formula is C20H24ClNO3S2. The average Bonchev–Trinajstić information content (AvgIpc) is 2.64. The van der Waals surface area contributed by atoms with Crippen LogP contribution in [0.1, 0.15) is 38.3 Å². The highest BCUT2D eigenvalue weighted by Gasteiger charge is 2.21. The van der Waals surface area contributed by atoms with Crippen molar-refractivity contribution >= 4 is 39.1 Å². The largest absolute Gasteiger partial charge is 0.348 e. The van der Waals surface area contributed by atoms with Gasteiger partial charge < -0.3 is 5.32 Å². The van der Waals surface area contributed by atoms with Crippen molar-refractivity contribution in [3.05, 3.63) is 59.1 Å². The second kappa shape index (κ2) is 9.62. The van der Waals surface area contributed by atoms with Crippen molar-refractivity contribution in [1.29, 1.82) is 0 Å². The van der Waals surface area contributed by atoms with Gasteiger partial charge in [-0.15, -0.1) is 11.8 Å². The van der Waals surface area contributed by atoms with Gasteiger partial charge in [-0.2, -0.15) is 0 Å². The molecule has 0 bridgehead atoms. The Morgan fingerprint density at radius 3 is 2.11 bits per heavy atom. The summed E-state index contributed by atoms with van der Waals surface area (Å²) < 4.78 is 23.2. The Bertz CT molecular complexity index is 865. The van der Waals surface area contributed by atoms with E-state index in [2.05, 4.69) is 5.32 Å². The fourth-order valence-electron chi connectivity index (χ4n) is 2.63. The monoisotopic (exact) mass is 425 g/mol. The zero-order valence-electron chi connectivity index (χ0n) is 15.6. The molecule has 2 atom stereocenters. The summed E-state index contributed by atoms with van der Waals surface area (Å²) >= 11 is 7.42. The van der Waals surface area contributed by atoms with Crippen LogP contribution in [0.4, 0.5) is 0 Å². The Morgan fingerprint density at radius 1 is 1.04 bits per heavy atom. The number of nitrogens with one attached hydrogen (secondary N) is 1. The van der Waals surface area contributed by atoms with Crippen molar-refractivity contribution < 1.29 is 13.2 Å². The number of halogens is 1. The topological polar surface area (TPSA) is 63.2 Å². The van der Waals surface area contributed by atoms with Gasteiger partial charge in [-0.05, 0) is 54.8 Å². The predicted octanol–water partition coefficient (Wildman–Crippen LogP) is 4.88. The van der Waals surface area contributed by atoms with Crippen LogP contribution >= 0.6 is 23.4 Å². The summed E-state index contributed by atoms with van der Waals surface area (Å²) in [7, 11) is -3.23. The van der Waals surface area contributed by atoms with Crippen LogP contribution < -0.4 is 5.32 Å². The van der Waals surface area contributed by atoms with E-state index in [4.69, 9.17) is 11.6 Å². The van der Waals surface area contributed by atoms with Crippen LogP contribution in [0.15, 0.2) is 58.3 Å². The molecule has 0 aliphatic rings. The third-order valence-corrected chi connectivity index (χ3v) is 6.95. The van der Waals surface area contributed by atoms with Crippen molar-refractivity contribution in [3.63, 3.8) is 0 Å².